The lowest BCUT2D eigenvalue weighted by Gasteiger charge is -2.11. The lowest BCUT2D eigenvalue weighted by Crippen LogP contribution is -2.34. The zero-order chi connectivity index (χ0) is 8.44. The molecule has 0 aromatic carbocycles. The molecule has 1 fully saturated rings. The quantitative estimate of drug-likeness (QED) is 0.701. The van der Waals surface area contributed by atoms with Crippen molar-refractivity contribution in [3.05, 3.63) is 11.1 Å². The monoisotopic (exact) mass is 185 g/mol. The van der Waals surface area contributed by atoms with Crippen LogP contribution in [0.4, 0.5) is 0 Å². The third-order valence-electron chi connectivity index (χ3n) is 2.21. The molecule has 5 heteroatoms. The molecular weight excluding hydrogens is 174 g/mol. The molecular formula is C7H11N3OS. The topological polar surface area (TPSA) is 58.0 Å². The highest BCUT2D eigenvalue weighted by Crippen LogP contribution is 2.34. The largest absolute Gasteiger partial charge is 0.394 e. The van der Waals surface area contributed by atoms with Crippen LogP contribution in [0, 0.1) is 0 Å². The number of hydrogen-bond donors (Lipinski definition) is 2. The van der Waals surface area contributed by atoms with Gasteiger partial charge in [-0.05, 0) is 24.4 Å². The van der Waals surface area contributed by atoms with E-state index in [4.69, 9.17) is 5.11 Å². The summed E-state index contributed by atoms with van der Waals surface area (Å²) in [5.41, 5.74) is 0.962. The summed E-state index contributed by atoms with van der Waals surface area (Å²) in [5.74, 6) is 0. The Morgan fingerprint density at radius 2 is 2.50 bits per heavy atom. The maximum absolute atomic E-state index is 8.99. The predicted molar refractivity (Wildman–Crippen MR) is 45.8 cm³/mol. The van der Waals surface area contributed by atoms with E-state index < -0.39 is 0 Å². The van der Waals surface area contributed by atoms with E-state index in [1.165, 1.54) is 11.5 Å². The molecule has 0 spiro atoms. The van der Waals surface area contributed by atoms with Crippen molar-refractivity contribution in [1.29, 1.82) is 0 Å². The normalized spacial score (nSPS) is 19.4. The Balaban J connectivity index is 1.83. The molecule has 1 aromatic rings. The Bertz CT molecular complexity index is 245. The van der Waals surface area contributed by atoms with Crippen molar-refractivity contribution in [2.24, 2.45) is 0 Å². The molecule has 1 aliphatic carbocycles. The van der Waals surface area contributed by atoms with E-state index in [1.807, 2.05) is 5.38 Å². The third-order valence-corrected chi connectivity index (χ3v) is 2.76. The van der Waals surface area contributed by atoms with Gasteiger partial charge in [0.25, 0.3) is 0 Å². The fourth-order valence-corrected chi connectivity index (χ4v) is 1.53. The molecule has 1 heterocycles. The standard InChI is InChI=1S/C7H11N3OS/c11-5-7(1-2-7)8-3-6-4-12-10-9-6/h4,8,11H,1-3,5H2. The van der Waals surface area contributed by atoms with Crippen LogP contribution in [0.1, 0.15) is 18.5 Å². The number of nitrogens with zero attached hydrogens (tertiary/aromatic N) is 2. The minimum Gasteiger partial charge on any atom is -0.394 e. The molecule has 0 radical (unpaired) electrons. The van der Waals surface area contributed by atoms with Crippen LogP contribution in [0.2, 0.25) is 0 Å². The summed E-state index contributed by atoms with van der Waals surface area (Å²) in [4.78, 5) is 0. The van der Waals surface area contributed by atoms with Gasteiger partial charge in [0.2, 0.25) is 0 Å². The van der Waals surface area contributed by atoms with E-state index in [1.54, 1.807) is 0 Å². The van der Waals surface area contributed by atoms with E-state index >= 15 is 0 Å². The summed E-state index contributed by atoms with van der Waals surface area (Å²) >= 11 is 1.35. The average molecular weight is 185 g/mol. The van der Waals surface area contributed by atoms with Gasteiger partial charge in [-0.2, -0.15) is 0 Å². The molecule has 0 unspecified atom stereocenters. The van der Waals surface area contributed by atoms with E-state index in [2.05, 4.69) is 14.9 Å². The number of rotatable bonds is 4. The van der Waals surface area contributed by atoms with Gasteiger partial charge < -0.3 is 10.4 Å². The van der Waals surface area contributed by atoms with E-state index in [0.29, 0.717) is 0 Å². The highest BCUT2D eigenvalue weighted by Gasteiger charge is 2.41. The molecule has 2 N–H and O–H groups in total. The second-order valence-electron chi connectivity index (χ2n) is 3.19. The molecule has 0 atom stereocenters. The van der Waals surface area contributed by atoms with Crippen molar-refractivity contribution in [3.63, 3.8) is 0 Å². The Labute approximate surface area is 74.8 Å². The first-order chi connectivity index (χ1) is 5.85. The molecule has 2 rings (SSSR count). The first kappa shape index (κ1) is 8.10. The van der Waals surface area contributed by atoms with Gasteiger partial charge in [0.1, 0.15) is 0 Å². The Morgan fingerprint density at radius 3 is 3.00 bits per heavy atom. The van der Waals surface area contributed by atoms with Crippen molar-refractivity contribution in [1.82, 2.24) is 14.9 Å². The van der Waals surface area contributed by atoms with Crippen molar-refractivity contribution >= 4 is 11.5 Å². The van der Waals surface area contributed by atoms with Crippen LogP contribution in [0.15, 0.2) is 5.38 Å². The molecule has 0 amide bonds. The van der Waals surface area contributed by atoms with Gasteiger partial charge in [0.15, 0.2) is 0 Å². The van der Waals surface area contributed by atoms with Crippen LogP contribution >= 0.6 is 11.5 Å². The molecule has 0 saturated heterocycles. The minimum atomic E-state index is 0.00359. The fourth-order valence-electron chi connectivity index (χ4n) is 1.08. The van der Waals surface area contributed by atoms with Gasteiger partial charge >= 0.3 is 0 Å². The molecule has 12 heavy (non-hydrogen) atoms. The Kier molecular flexibility index (Phi) is 2.08. The van der Waals surface area contributed by atoms with Gasteiger partial charge in [-0.15, -0.1) is 5.10 Å². The fraction of sp³-hybridized carbons (Fsp3) is 0.714. The van der Waals surface area contributed by atoms with Gasteiger partial charge in [-0.3, -0.25) is 0 Å². The lowest BCUT2D eigenvalue weighted by atomic mass is 10.3. The average Bonchev–Trinajstić information content (AvgIpc) is 2.70. The van der Waals surface area contributed by atoms with Gasteiger partial charge in [-0.25, -0.2) is 0 Å². The van der Waals surface area contributed by atoms with Crippen LogP contribution < -0.4 is 5.32 Å². The number of hydrogen-bond acceptors (Lipinski definition) is 5. The Hall–Kier alpha value is -0.520. The predicted octanol–water partition coefficient (Wildman–Crippen LogP) is 0.153. The summed E-state index contributed by atoms with van der Waals surface area (Å²) < 4.78 is 3.76. The molecule has 0 aliphatic heterocycles. The van der Waals surface area contributed by atoms with Crippen LogP contribution in [-0.4, -0.2) is 26.8 Å². The summed E-state index contributed by atoms with van der Waals surface area (Å²) in [6.07, 6.45) is 2.14. The summed E-state index contributed by atoms with van der Waals surface area (Å²) in [6.45, 7) is 0.946. The van der Waals surface area contributed by atoms with Crippen LogP contribution in [0.25, 0.3) is 0 Å². The number of nitrogens with one attached hydrogen (secondary N) is 1. The van der Waals surface area contributed by atoms with Crippen LogP contribution in [0.5, 0.6) is 0 Å². The molecule has 66 valence electrons. The van der Waals surface area contributed by atoms with Crippen molar-refractivity contribution in [2.45, 2.75) is 24.9 Å². The van der Waals surface area contributed by atoms with Crippen LogP contribution in [-0.2, 0) is 6.54 Å². The maximum atomic E-state index is 8.99. The summed E-state index contributed by atoms with van der Waals surface area (Å²) in [7, 11) is 0. The number of aliphatic hydroxyl groups is 1. The van der Waals surface area contributed by atoms with Gasteiger partial charge in [0.05, 0.1) is 12.3 Å². The smallest absolute Gasteiger partial charge is 0.0893 e. The maximum Gasteiger partial charge on any atom is 0.0893 e. The van der Waals surface area contributed by atoms with E-state index in [0.717, 1.165) is 25.1 Å². The molecule has 1 saturated carbocycles. The van der Waals surface area contributed by atoms with E-state index in [9.17, 15) is 0 Å². The number of aromatic nitrogens is 2. The number of aliphatic hydroxyl groups excluding tert-OH is 1. The molecule has 1 aromatic heterocycles. The van der Waals surface area contributed by atoms with Gasteiger partial charge in [0, 0.05) is 17.5 Å². The molecule has 4 nitrogen and oxygen atoms in total. The van der Waals surface area contributed by atoms with Crippen molar-refractivity contribution in [2.75, 3.05) is 6.61 Å². The second kappa shape index (κ2) is 3.08. The molecule has 0 bridgehead atoms. The zero-order valence-electron chi connectivity index (χ0n) is 6.66. The Morgan fingerprint density at radius 1 is 1.67 bits per heavy atom. The first-order valence-corrected chi connectivity index (χ1v) is 4.80. The van der Waals surface area contributed by atoms with Crippen molar-refractivity contribution in [3.8, 4) is 0 Å². The molecule has 1 aliphatic rings. The van der Waals surface area contributed by atoms with Crippen molar-refractivity contribution < 1.29 is 5.11 Å². The first-order valence-electron chi connectivity index (χ1n) is 3.96. The lowest BCUT2D eigenvalue weighted by molar-refractivity contribution is 0.229. The summed E-state index contributed by atoms with van der Waals surface area (Å²) in [6, 6.07) is 0. The van der Waals surface area contributed by atoms with E-state index in [-0.39, 0.29) is 12.1 Å². The van der Waals surface area contributed by atoms with Gasteiger partial charge in [-0.1, -0.05) is 4.49 Å². The highest BCUT2D eigenvalue weighted by atomic mass is 32.1. The highest BCUT2D eigenvalue weighted by molar-refractivity contribution is 7.03. The van der Waals surface area contributed by atoms with Crippen LogP contribution in [0.3, 0.4) is 0 Å². The SMILES string of the molecule is OCC1(NCc2csnn2)CC1. The second-order valence-corrected chi connectivity index (χ2v) is 3.80. The minimum absolute atomic E-state index is 0.00359. The summed E-state index contributed by atoms with van der Waals surface area (Å²) in [5, 5.41) is 18.1. The zero-order valence-corrected chi connectivity index (χ0v) is 7.47. The third kappa shape index (κ3) is 1.63.